The molecular formula is C46H35N3O. The lowest BCUT2D eigenvalue weighted by Crippen LogP contribution is -2.11. The van der Waals surface area contributed by atoms with Crippen molar-refractivity contribution >= 4 is 38.8 Å². The van der Waals surface area contributed by atoms with Crippen LogP contribution in [0.2, 0.25) is 0 Å². The first-order valence-corrected chi connectivity index (χ1v) is 17.7. The van der Waals surface area contributed by atoms with E-state index in [4.69, 9.17) is 19.4 Å². The minimum absolute atomic E-state index is 0.217. The molecule has 3 aliphatic rings. The molecule has 0 saturated heterocycles. The Kier molecular flexibility index (Phi) is 6.76. The third-order valence-electron chi connectivity index (χ3n) is 10.8. The van der Waals surface area contributed by atoms with E-state index in [-0.39, 0.29) is 5.92 Å². The van der Waals surface area contributed by atoms with Gasteiger partial charge < -0.3 is 4.42 Å². The van der Waals surface area contributed by atoms with E-state index < -0.39 is 0 Å². The maximum atomic E-state index is 6.59. The van der Waals surface area contributed by atoms with Crippen molar-refractivity contribution in [1.82, 2.24) is 15.0 Å². The molecule has 0 saturated carbocycles. The summed E-state index contributed by atoms with van der Waals surface area (Å²) in [5.74, 6) is 2.79. The lowest BCUT2D eigenvalue weighted by molar-refractivity contribution is 0.661. The molecule has 4 heteroatoms. The van der Waals surface area contributed by atoms with Crippen LogP contribution in [-0.2, 0) is 6.42 Å². The van der Waals surface area contributed by atoms with Crippen LogP contribution in [0.25, 0.3) is 73.0 Å². The second kappa shape index (κ2) is 11.6. The van der Waals surface area contributed by atoms with Crippen molar-refractivity contribution in [3.63, 3.8) is 0 Å². The van der Waals surface area contributed by atoms with Crippen molar-refractivity contribution in [2.75, 3.05) is 0 Å². The van der Waals surface area contributed by atoms with E-state index in [0.29, 0.717) is 23.4 Å². The monoisotopic (exact) mass is 645 g/mol. The maximum absolute atomic E-state index is 6.59. The summed E-state index contributed by atoms with van der Waals surface area (Å²) in [4.78, 5) is 15.9. The van der Waals surface area contributed by atoms with Crippen molar-refractivity contribution in [3.05, 3.63) is 155 Å². The van der Waals surface area contributed by atoms with Crippen LogP contribution in [0.4, 0.5) is 0 Å². The van der Waals surface area contributed by atoms with Crippen LogP contribution in [0.15, 0.2) is 143 Å². The van der Waals surface area contributed by atoms with Gasteiger partial charge in [0.15, 0.2) is 17.5 Å². The summed E-state index contributed by atoms with van der Waals surface area (Å²) in [6.45, 7) is 2.33. The molecule has 5 aromatic carbocycles. The molecule has 2 aromatic heterocycles. The Morgan fingerprint density at radius 1 is 0.680 bits per heavy atom. The fraction of sp³-hybridized carbons (Fsp3) is 0.152. The third-order valence-corrected chi connectivity index (χ3v) is 10.8. The molecule has 0 spiro atoms. The molecule has 2 heterocycles. The van der Waals surface area contributed by atoms with Crippen LogP contribution in [0.5, 0.6) is 0 Å². The maximum Gasteiger partial charge on any atom is 0.164 e. The van der Waals surface area contributed by atoms with E-state index in [2.05, 4.69) is 110 Å². The van der Waals surface area contributed by atoms with Gasteiger partial charge in [0.25, 0.3) is 0 Å². The molecule has 0 radical (unpaired) electrons. The van der Waals surface area contributed by atoms with E-state index in [1.54, 1.807) is 0 Å². The van der Waals surface area contributed by atoms with Crippen LogP contribution in [0.1, 0.15) is 48.8 Å². The molecule has 3 aliphatic carbocycles. The van der Waals surface area contributed by atoms with E-state index in [1.165, 1.54) is 38.6 Å². The van der Waals surface area contributed by atoms with Crippen LogP contribution >= 0.6 is 0 Å². The summed E-state index contributed by atoms with van der Waals surface area (Å²) in [5, 5.41) is 4.55. The van der Waals surface area contributed by atoms with Gasteiger partial charge in [0.2, 0.25) is 0 Å². The predicted octanol–water partition coefficient (Wildman–Crippen LogP) is 11.8. The third kappa shape index (κ3) is 4.78. The minimum Gasteiger partial charge on any atom is -0.456 e. The molecule has 2 atom stereocenters. The zero-order valence-corrected chi connectivity index (χ0v) is 27.9. The number of para-hydroxylation sites is 1. The number of nitrogens with zero attached hydrogens (tertiary/aromatic N) is 3. The summed E-state index contributed by atoms with van der Waals surface area (Å²) in [6, 6.07) is 34.0. The highest BCUT2D eigenvalue weighted by atomic mass is 16.3. The average molecular weight is 646 g/mol. The van der Waals surface area contributed by atoms with Gasteiger partial charge in [-0.1, -0.05) is 116 Å². The number of furan rings is 1. The first-order chi connectivity index (χ1) is 24.7. The van der Waals surface area contributed by atoms with E-state index in [9.17, 15) is 0 Å². The highest BCUT2D eigenvalue weighted by molar-refractivity contribution is 6.12. The lowest BCUT2D eigenvalue weighted by atomic mass is 9.78. The van der Waals surface area contributed by atoms with Crippen molar-refractivity contribution in [2.24, 2.45) is 5.92 Å². The van der Waals surface area contributed by atoms with Crippen LogP contribution < -0.4 is 0 Å². The Hall–Kier alpha value is -5.87. The molecule has 4 nitrogen and oxygen atoms in total. The fourth-order valence-electron chi connectivity index (χ4n) is 8.27. The van der Waals surface area contributed by atoms with Crippen LogP contribution in [0, 0.1) is 5.92 Å². The quantitative estimate of drug-likeness (QED) is 0.191. The predicted molar refractivity (Wildman–Crippen MR) is 205 cm³/mol. The molecule has 1 unspecified atom stereocenters. The van der Waals surface area contributed by atoms with Gasteiger partial charge in [-0.2, -0.15) is 0 Å². The molecule has 0 aliphatic heterocycles. The molecule has 0 fully saturated rings. The van der Waals surface area contributed by atoms with E-state index >= 15 is 0 Å². The Labute approximate surface area is 291 Å². The fourth-order valence-corrected chi connectivity index (χ4v) is 8.27. The largest absolute Gasteiger partial charge is 0.456 e. The van der Waals surface area contributed by atoms with Gasteiger partial charge in [-0.25, -0.2) is 15.0 Å². The second-order valence-electron chi connectivity index (χ2n) is 13.9. The summed E-state index contributed by atoms with van der Waals surface area (Å²) in [7, 11) is 0. The van der Waals surface area contributed by atoms with Crippen LogP contribution in [0.3, 0.4) is 0 Å². The Balaban J connectivity index is 1.23. The molecule has 240 valence electrons. The Morgan fingerprint density at radius 2 is 1.46 bits per heavy atom. The Bertz CT molecular complexity index is 2620. The normalized spacial score (nSPS) is 18.3. The van der Waals surface area contributed by atoms with Crippen molar-refractivity contribution < 1.29 is 4.42 Å². The molecule has 10 rings (SSSR count). The topological polar surface area (TPSA) is 51.8 Å². The van der Waals surface area contributed by atoms with Crippen LogP contribution in [-0.4, -0.2) is 15.0 Å². The van der Waals surface area contributed by atoms with Gasteiger partial charge >= 0.3 is 0 Å². The molecule has 50 heavy (non-hydrogen) atoms. The van der Waals surface area contributed by atoms with Gasteiger partial charge in [-0.15, -0.1) is 0 Å². The minimum atomic E-state index is 0.217. The number of hydrogen-bond donors (Lipinski definition) is 0. The zero-order valence-electron chi connectivity index (χ0n) is 27.9. The van der Waals surface area contributed by atoms with Gasteiger partial charge in [0.05, 0.1) is 0 Å². The number of allylic oxidation sites excluding steroid dienone is 7. The molecule has 0 N–H and O–H groups in total. The summed E-state index contributed by atoms with van der Waals surface area (Å²) in [5.41, 5.74) is 11.4. The standard InChI is InChI=1S/C46H35N3O/c1-28-12-11-16-31-24-30(22-23-34(28)31)33-26-40(43-38-20-9-10-21-41(38)50-42(43)27-33)46-48-44(29-13-3-2-4-14-29)47-45(49-46)39-25-32-15-5-6-17-35(32)36-18-7-8-19-37(36)39/h2-7,9-11,13-18,20-23,25-28,30H,8,12,19,24H2,1H3/t28-,30?/m1/s1. The SMILES string of the molecule is C[C@@H]1CC=CC2=C1C=CC(c1cc(-c3nc(-c4ccccc4)nc(-c4cc5ccccc5c5c4CCC=C5)n3)c3c(c1)oc1ccccc13)C2. The highest BCUT2D eigenvalue weighted by Crippen LogP contribution is 2.43. The number of benzene rings is 5. The van der Waals surface area contributed by atoms with Gasteiger partial charge in [0, 0.05) is 33.4 Å². The summed E-state index contributed by atoms with van der Waals surface area (Å²) < 4.78 is 6.59. The van der Waals surface area contributed by atoms with Gasteiger partial charge in [-0.05, 0) is 94.5 Å². The highest BCUT2D eigenvalue weighted by Gasteiger charge is 2.26. The number of hydrogen-bond acceptors (Lipinski definition) is 4. The molecule has 0 amide bonds. The summed E-state index contributed by atoms with van der Waals surface area (Å²) >= 11 is 0. The molecule has 7 aromatic rings. The number of rotatable bonds is 4. The van der Waals surface area contributed by atoms with E-state index in [1.807, 2.05) is 30.3 Å². The van der Waals surface area contributed by atoms with Gasteiger partial charge in [0.1, 0.15) is 11.2 Å². The van der Waals surface area contributed by atoms with Crippen molar-refractivity contribution in [1.29, 1.82) is 0 Å². The van der Waals surface area contributed by atoms with Crippen molar-refractivity contribution in [3.8, 4) is 34.2 Å². The first kappa shape index (κ1) is 29.1. The number of aromatic nitrogens is 3. The van der Waals surface area contributed by atoms with Crippen molar-refractivity contribution in [2.45, 2.75) is 38.5 Å². The summed E-state index contributed by atoms with van der Waals surface area (Å²) in [6.07, 6.45) is 17.9. The molecule has 0 bridgehead atoms. The zero-order chi connectivity index (χ0) is 33.2. The second-order valence-corrected chi connectivity index (χ2v) is 13.9. The average Bonchev–Trinajstić information content (AvgIpc) is 3.56. The Morgan fingerprint density at radius 3 is 2.36 bits per heavy atom. The molecular weight excluding hydrogens is 611 g/mol. The van der Waals surface area contributed by atoms with E-state index in [0.717, 1.165) is 64.3 Å². The first-order valence-electron chi connectivity index (χ1n) is 17.7. The van der Waals surface area contributed by atoms with Gasteiger partial charge in [-0.3, -0.25) is 0 Å². The number of fused-ring (bicyclic) bond motifs is 6. The lowest BCUT2D eigenvalue weighted by Gasteiger charge is -2.27. The smallest absolute Gasteiger partial charge is 0.164 e.